The molecule has 0 spiro atoms. The third-order valence-electron chi connectivity index (χ3n) is 3.97. The number of primary amides is 1. The summed E-state index contributed by atoms with van der Waals surface area (Å²) in [4.78, 5) is 22.2. The molecule has 0 aromatic carbocycles. The Bertz CT molecular complexity index is 293. The van der Waals surface area contributed by atoms with Gasteiger partial charge in [0.1, 0.15) is 0 Å². The number of quaternary nitrogens is 1. The lowest BCUT2D eigenvalue weighted by Crippen LogP contribution is -2.98. The van der Waals surface area contributed by atoms with E-state index >= 15 is 0 Å². The number of hydrogen-bond donors (Lipinski definition) is 3. The fourth-order valence-corrected chi connectivity index (χ4v) is 2.59. The van der Waals surface area contributed by atoms with Gasteiger partial charge in [0.25, 0.3) is 5.91 Å². The predicted octanol–water partition coefficient (Wildman–Crippen LogP) is -0.0421. The van der Waals surface area contributed by atoms with Crippen molar-refractivity contribution < 1.29 is 14.9 Å². The normalized spacial score (nSPS) is 30.6. The zero-order chi connectivity index (χ0) is 13.0. The van der Waals surface area contributed by atoms with Gasteiger partial charge in [-0.25, -0.2) is 4.79 Å². The van der Waals surface area contributed by atoms with E-state index in [1.165, 1.54) is 12.8 Å². The van der Waals surface area contributed by atoms with Crippen LogP contribution in [0.15, 0.2) is 0 Å². The van der Waals surface area contributed by atoms with E-state index in [0.717, 1.165) is 6.42 Å². The van der Waals surface area contributed by atoms with E-state index < -0.39 is 6.03 Å². The number of nitrogens with one attached hydrogen (secondary N) is 1. The summed E-state index contributed by atoms with van der Waals surface area (Å²) in [7, 11) is 0. The molecule has 0 aromatic rings. The first-order valence-electron chi connectivity index (χ1n) is 6.37. The van der Waals surface area contributed by atoms with Gasteiger partial charge in [-0.05, 0) is 32.1 Å². The maximum Gasteiger partial charge on any atom is 0.319 e. The fourth-order valence-electron chi connectivity index (χ4n) is 2.59. The molecule has 0 saturated heterocycles. The van der Waals surface area contributed by atoms with Gasteiger partial charge < -0.3 is 11.1 Å². The third kappa shape index (κ3) is 4.00. The first-order chi connectivity index (χ1) is 7.91. The number of carbonyl (C=O) groups excluding carboxylic acids is 2. The van der Waals surface area contributed by atoms with Crippen molar-refractivity contribution in [3.05, 3.63) is 0 Å². The molecule has 4 atom stereocenters. The van der Waals surface area contributed by atoms with E-state index in [0.29, 0.717) is 17.9 Å². The first kappa shape index (κ1) is 14.0. The summed E-state index contributed by atoms with van der Waals surface area (Å²) >= 11 is 0. The Morgan fingerprint density at radius 3 is 2.59 bits per heavy atom. The number of nitrogens with two attached hydrogens (primary N) is 2. The molecule has 1 aliphatic rings. The molecule has 5 heteroatoms. The second-order valence-electron chi connectivity index (χ2n) is 5.27. The van der Waals surface area contributed by atoms with E-state index in [1.54, 1.807) is 0 Å². The lowest BCUT2D eigenvalue weighted by molar-refractivity contribution is -0.715. The van der Waals surface area contributed by atoms with Crippen LogP contribution in [0.25, 0.3) is 0 Å². The third-order valence-corrected chi connectivity index (χ3v) is 3.97. The molecule has 98 valence electrons. The van der Waals surface area contributed by atoms with Crippen LogP contribution in [-0.2, 0) is 4.79 Å². The molecule has 5 N–H and O–H groups in total. The van der Waals surface area contributed by atoms with E-state index in [2.05, 4.69) is 24.5 Å². The Kier molecular flexibility index (Phi) is 4.93. The molecule has 0 heterocycles. The SMILES string of the molecule is C[C@@H]1[C@@H](C)CCC[C@H]1[NH2+][C@@H](C)C(=O)NC(N)=O. The molecular formula is C12H24N3O2+. The summed E-state index contributed by atoms with van der Waals surface area (Å²) < 4.78 is 0. The molecule has 0 aliphatic heterocycles. The molecule has 1 aliphatic carbocycles. The van der Waals surface area contributed by atoms with Crippen molar-refractivity contribution in [3.63, 3.8) is 0 Å². The lowest BCUT2D eigenvalue weighted by atomic mass is 9.78. The van der Waals surface area contributed by atoms with Gasteiger partial charge in [0, 0.05) is 5.92 Å². The number of amides is 3. The maximum atomic E-state index is 11.6. The Morgan fingerprint density at radius 1 is 1.35 bits per heavy atom. The lowest BCUT2D eigenvalue weighted by Gasteiger charge is -2.33. The van der Waals surface area contributed by atoms with Crippen LogP contribution in [0.3, 0.4) is 0 Å². The van der Waals surface area contributed by atoms with Gasteiger partial charge in [-0.1, -0.05) is 13.8 Å². The Morgan fingerprint density at radius 2 is 2.00 bits per heavy atom. The van der Waals surface area contributed by atoms with Crippen LogP contribution in [0.1, 0.15) is 40.0 Å². The minimum atomic E-state index is -0.777. The second kappa shape index (κ2) is 6.00. The van der Waals surface area contributed by atoms with E-state index in [-0.39, 0.29) is 11.9 Å². The largest absolute Gasteiger partial charge is 0.351 e. The second-order valence-corrected chi connectivity index (χ2v) is 5.27. The summed E-state index contributed by atoms with van der Waals surface area (Å²) in [5, 5.41) is 4.19. The van der Waals surface area contributed by atoms with Gasteiger partial charge in [0.05, 0.1) is 6.04 Å². The molecular weight excluding hydrogens is 218 g/mol. The van der Waals surface area contributed by atoms with Crippen molar-refractivity contribution >= 4 is 11.9 Å². The molecule has 1 fully saturated rings. The van der Waals surface area contributed by atoms with Crippen LogP contribution < -0.4 is 16.4 Å². The van der Waals surface area contributed by atoms with Gasteiger partial charge >= 0.3 is 6.03 Å². The van der Waals surface area contributed by atoms with Gasteiger partial charge in [-0.2, -0.15) is 0 Å². The van der Waals surface area contributed by atoms with Gasteiger partial charge in [0.15, 0.2) is 6.04 Å². The fraction of sp³-hybridized carbons (Fsp3) is 0.833. The van der Waals surface area contributed by atoms with E-state index in [9.17, 15) is 9.59 Å². The van der Waals surface area contributed by atoms with Crippen molar-refractivity contribution in [2.24, 2.45) is 17.6 Å². The maximum absolute atomic E-state index is 11.6. The zero-order valence-electron chi connectivity index (χ0n) is 10.9. The van der Waals surface area contributed by atoms with Gasteiger partial charge in [-0.3, -0.25) is 10.1 Å². The summed E-state index contributed by atoms with van der Waals surface area (Å²) in [5.74, 6) is 1.01. The number of imide groups is 1. The van der Waals surface area contributed by atoms with Crippen molar-refractivity contribution in [1.29, 1.82) is 0 Å². The highest BCUT2D eigenvalue weighted by Crippen LogP contribution is 2.27. The van der Waals surface area contributed by atoms with Gasteiger partial charge in [0.2, 0.25) is 0 Å². The molecule has 0 aromatic heterocycles. The molecule has 1 rings (SSSR count). The Labute approximate surface area is 103 Å². The van der Waals surface area contributed by atoms with Crippen LogP contribution in [0.2, 0.25) is 0 Å². The minimum Gasteiger partial charge on any atom is -0.351 e. The van der Waals surface area contributed by atoms with Crippen LogP contribution in [0, 0.1) is 11.8 Å². The Hall–Kier alpha value is -1.10. The molecule has 3 amide bonds. The molecule has 1 saturated carbocycles. The van der Waals surface area contributed by atoms with Crippen molar-refractivity contribution in [2.45, 2.75) is 52.1 Å². The quantitative estimate of drug-likeness (QED) is 0.648. The number of carbonyl (C=O) groups is 2. The van der Waals surface area contributed by atoms with E-state index in [4.69, 9.17) is 5.73 Å². The van der Waals surface area contributed by atoms with E-state index in [1.807, 2.05) is 6.92 Å². The predicted molar refractivity (Wildman–Crippen MR) is 65.1 cm³/mol. The molecule has 17 heavy (non-hydrogen) atoms. The van der Waals surface area contributed by atoms with Crippen LogP contribution in [0.4, 0.5) is 4.79 Å². The van der Waals surface area contributed by atoms with Crippen LogP contribution >= 0.6 is 0 Å². The number of rotatable bonds is 3. The van der Waals surface area contributed by atoms with Gasteiger partial charge in [-0.15, -0.1) is 0 Å². The molecule has 0 radical (unpaired) electrons. The van der Waals surface area contributed by atoms with Crippen molar-refractivity contribution in [3.8, 4) is 0 Å². The monoisotopic (exact) mass is 242 g/mol. The number of urea groups is 1. The molecule has 0 unspecified atom stereocenters. The smallest absolute Gasteiger partial charge is 0.319 e. The summed E-state index contributed by atoms with van der Waals surface area (Å²) in [5.41, 5.74) is 4.93. The average molecular weight is 242 g/mol. The van der Waals surface area contributed by atoms with Crippen LogP contribution in [0.5, 0.6) is 0 Å². The zero-order valence-corrected chi connectivity index (χ0v) is 10.9. The number of hydrogen-bond acceptors (Lipinski definition) is 2. The summed E-state index contributed by atoms with van der Waals surface area (Å²) in [6.45, 7) is 6.31. The topological polar surface area (TPSA) is 88.8 Å². The summed E-state index contributed by atoms with van der Waals surface area (Å²) in [6, 6.07) is -0.576. The van der Waals surface area contributed by atoms with Crippen molar-refractivity contribution in [2.75, 3.05) is 0 Å². The minimum absolute atomic E-state index is 0.264. The highest BCUT2D eigenvalue weighted by Gasteiger charge is 2.32. The molecule has 5 nitrogen and oxygen atoms in total. The Balaban J connectivity index is 2.47. The highest BCUT2D eigenvalue weighted by atomic mass is 16.2. The van der Waals surface area contributed by atoms with Crippen LogP contribution in [-0.4, -0.2) is 24.0 Å². The molecule has 0 bridgehead atoms. The average Bonchev–Trinajstić information content (AvgIpc) is 2.23. The summed E-state index contributed by atoms with van der Waals surface area (Å²) in [6.07, 6.45) is 3.63. The first-order valence-corrected chi connectivity index (χ1v) is 6.37. The highest BCUT2D eigenvalue weighted by molar-refractivity contribution is 5.95. The van der Waals surface area contributed by atoms with Crippen molar-refractivity contribution in [1.82, 2.24) is 5.32 Å². The standard InChI is InChI=1S/C12H23N3O2/c1-7-5-4-6-10(8(7)2)14-9(3)11(16)15-12(13)17/h7-10,14H,4-6H2,1-3H3,(H3,13,15,16,17)/p+1/t7-,8+,9-,10+/m0/s1.